The van der Waals surface area contributed by atoms with Gasteiger partial charge in [-0.1, -0.05) is 36.0 Å². The Labute approximate surface area is 194 Å². The average molecular weight is 473 g/mol. The molecular formula is C22H24N4O2S3. The summed E-state index contributed by atoms with van der Waals surface area (Å²) in [5, 5.41) is 1.93. The number of fused-ring (bicyclic) bond motifs is 1. The number of morpholine rings is 1. The number of nitrogens with zero attached hydrogens (tertiary/aromatic N) is 3. The van der Waals surface area contributed by atoms with Crippen LogP contribution in [0.4, 0.5) is 5.69 Å². The molecule has 162 valence electrons. The summed E-state index contributed by atoms with van der Waals surface area (Å²) in [5.74, 6) is 1.19. The normalized spacial score (nSPS) is 21.3. The van der Waals surface area contributed by atoms with Crippen molar-refractivity contribution in [3.05, 3.63) is 52.4 Å². The molecule has 6 nitrogen and oxygen atoms in total. The van der Waals surface area contributed by atoms with Crippen molar-refractivity contribution in [2.24, 2.45) is 4.99 Å². The lowest BCUT2D eigenvalue weighted by molar-refractivity contribution is -0.134. The number of benzene rings is 1. The number of para-hydroxylation sites is 1. The largest absolute Gasteiger partial charge is 0.378 e. The van der Waals surface area contributed by atoms with Gasteiger partial charge in [0.25, 0.3) is 0 Å². The average Bonchev–Trinajstić information content (AvgIpc) is 3.47. The SMILES string of the molecule is CN(SC1=CC=CCS1)c1cccc2cc(C3=NCC(C(=O)N4CCOCC4)S3)[nH]c12. The van der Waals surface area contributed by atoms with Crippen molar-refractivity contribution in [2.75, 3.05) is 50.0 Å². The number of anilines is 1. The van der Waals surface area contributed by atoms with Crippen molar-refractivity contribution in [2.45, 2.75) is 5.25 Å². The molecule has 1 aromatic carbocycles. The molecule has 3 aliphatic heterocycles. The number of thioether (sulfide) groups is 2. The van der Waals surface area contributed by atoms with Crippen LogP contribution in [0.2, 0.25) is 0 Å². The molecule has 0 aliphatic carbocycles. The van der Waals surface area contributed by atoms with Gasteiger partial charge in [-0.25, -0.2) is 0 Å². The molecule has 1 fully saturated rings. The maximum Gasteiger partial charge on any atom is 0.238 e. The van der Waals surface area contributed by atoms with E-state index in [-0.39, 0.29) is 11.2 Å². The van der Waals surface area contributed by atoms with Crippen molar-refractivity contribution in [3.63, 3.8) is 0 Å². The number of rotatable bonds is 5. The van der Waals surface area contributed by atoms with Gasteiger partial charge >= 0.3 is 0 Å². The molecule has 1 amide bonds. The zero-order chi connectivity index (χ0) is 21.2. The number of carbonyl (C=O) groups excluding carboxylic acids is 1. The third-order valence-electron chi connectivity index (χ3n) is 5.37. The standard InChI is InChI=1S/C22H24N4O2S3/c1-25(31-19-7-2-3-12-29-19)17-6-4-5-15-13-16(24-20(15)17)21-23-14-18(30-21)22(27)26-8-10-28-11-9-26/h2-7,13,18,24H,8-12,14H2,1H3. The molecule has 0 bridgehead atoms. The minimum Gasteiger partial charge on any atom is -0.378 e. The Morgan fingerprint density at radius 2 is 2.23 bits per heavy atom. The Morgan fingerprint density at radius 3 is 3.03 bits per heavy atom. The van der Waals surface area contributed by atoms with Gasteiger partial charge in [-0.05, 0) is 30.2 Å². The fraction of sp³-hybridized carbons (Fsp3) is 0.364. The van der Waals surface area contributed by atoms with Crippen LogP contribution in [0.1, 0.15) is 5.69 Å². The molecule has 5 rings (SSSR count). The number of ether oxygens (including phenoxy) is 1. The molecule has 0 radical (unpaired) electrons. The molecular weight excluding hydrogens is 448 g/mol. The maximum atomic E-state index is 12.8. The highest BCUT2D eigenvalue weighted by atomic mass is 32.2. The van der Waals surface area contributed by atoms with Crippen LogP contribution in [0.25, 0.3) is 10.9 Å². The molecule has 1 atom stereocenters. The van der Waals surface area contributed by atoms with E-state index in [1.165, 1.54) is 4.24 Å². The van der Waals surface area contributed by atoms with Crippen LogP contribution in [-0.4, -0.2) is 71.7 Å². The highest BCUT2D eigenvalue weighted by molar-refractivity contribution is 8.22. The number of amides is 1. The van der Waals surface area contributed by atoms with E-state index in [1.807, 2.05) is 16.7 Å². The topological polar surface area (TPSA) is 60.9 Å². The first kappa shape index (κ1) is 21.1. The van der Waals surface area contributed by atoms with Crippen molar-refractivity contribution in [3.8, 4) is 0 Å². The van der Waals surface area contributed by atoms with Crippen molar-refractivity contribution in [1.29, 1.82) is 0 Å². The van der Waals surface area contributed by atoms with Gasteiger partial charge in [-0.2, -0.15) is 0 Å². The highest BCUT2D eigenvalue weighted by Gasteiger charge is 2.32. The third kappa shape index (κ3) is 4.55. The van der Waals surface area contributed by atoms with E-state index in [1.54, 1.807) is 23.7 Å². The molecule has 1 N–H and O–H groups in total. The Morgan fingerprint density at radius 1 is 1.35 bits per heavy atom. The van der Waals surface area contributed by atoms with E-state index in [4.69, 9.17) is 9.73 Å². The number of allylic oxidation sites excluding steroid dienone is 2. The summed E-state index contributed by atoms with van der Waals surface area (Å²) >= 11 is 5.16. The Bertz CT molecular complexity index is 1070. The number of nitrogens with one attached hydrogen (secondary N) is 1. The molecule has 4 heterocycles. The van der Waals surface area contributed by atoms with Crippen LogP contribution in [0.15, 0.2) is 51.7 Å². The Balaban J connectivity index is 1.32. The first-order valence-corrected chi connectivity index (χ1v) is 12.9. The summed E-state index contributed by atoms with van der Waals surface area (Å²) in [6.07, 6.45) is 6.44. The lowest BCUT2D eigenvalue weighted by Crippen LogP contribution is -2.45. The summed E-state index contributed by atoms with van der Waals surface area (Å²) in [6, 6.07) is 8.48. The van der Waals surface area contributed by atoms with Crippen LogP contribution < -0.4 is 4.31 Å². The van der Waals surface area contributed by atoms with E-state index >= 15 is 0 Å². The van der Waals surface area contributed by atoms with Gasteiger partial charge in [0.05, 0.1) is 40.9 Å². The number of aliphatic imine (C=N–C) groups is 1. The number of H-pyrrole nitrogens is 1. The summed E-state index contributed by atoms with van der Waals surface area (Å²) < 4.78 is 8.86. The van der Waals surface area contributed by atoms with Crippen LogP contribution in [0, 0.1) is 0 Å². The fourth-order valence-electron chi connectivity index (χ4n) is 3.78. The van der Waals surface area contributed by atoms with Crippen LogP contribution in [0.5, 0.6) is 0 Å². The Hall–Kier alpha value is -1.81. The van der Waals surface area contributed by atoms with E-state index in [9.17, 15) is 4.79 Å². The van der Waals surface area contributed by atoms with Crippen molar-refractivity contribution < 1.29 is 9.53 Å². The quantitative estimate of drug-likeness (QED) is 0.661. The first-order valence-electron chi connectivity index (χ1n) is 10.3. The van der Waals surface area contributed by atoms with E-state index in [2.05, 4.69) is 58.8 Å². The molecule has 9 heteroatoms. The number of aromatic nitrogens is 1. The monoisotopic (exact) mass is 472 g/mol. The second-order valence-corrected chi connectivity index (χ2v) is 11.1. The molecule has 1 aromatic heterocycles. The minimum absolute atomic E-state index is 0.138. The Kier molecular flexibility index (Phi) is 6.36. The number of carbonyl (C=O) groups is 1. The molecule has 1 unspecified atom stereocenters. The van der Waals surface area contributed by atoms with Gasteiger partial charge < -0.3 is 18.9 Å². The summed E-state index contributed by atoms with van der Waals surface area (Å²) in [4.78, 5) is 23.0. The van der Waals surface area contributed by atoms with Crippen molar-refractivity contribution in [1.82, 2.24) is 9.88 Å². The van der Waals surface area contributed by atoms with Crippen LogP contribution in [0.3, 0.4) is 0 Å². The second-order valence-electron chi connectivity index (χ2n) is 7.43. The molecule has 0 saturated carbocycles. The zero-order valence-electron chi connectivity index (χ0n) is 17.2. The lowest BCUT2D eigenvalue weighted by atomic mass is 10.2. The van der Waals surface area contributed by atoms with Crippen LogP contribution in [-0.2, 0) is 9.53 Å². The molecule has 0 spiro atoms. The molecule has 1 saturated heterocycles. The first-order chi connectivity index (χ1) is 15.2. The second kappa shape index (κ2) is 9.36. The third-order valence-corrected chi connectivity index (χ3v) is 8.72. The predicted molar refractivity (Wildman–Crippen MR) is 134 cm³/mol. The van der Waals surface area contributed by atoms with Gasteiger partial charge in [0, 0.05) is 31.3 Å². The van der Waals surface area contributed by atoms with E-state index < -0.39 is 0 Å². The van der Waals surface area contributed by atoms with E-state index in [0.717, 1.165) is 33.1 Å². The summed E-state index contributed by atoms with van der Waals surface area (Å²) in [6.45, 7) is 3.13. The van der Waals surface area contributed by atoms with Gasteiger partial charge in [0.1, 0.15) is 10.3 Å². The summed E-state index contributed by atoms with van der Waals surface area (Å²) in [5.41, 5.74) is 3.21. The molecule has 3 aliphatic rings. The highest BCUT2D eigenvalue weighted by Crippen LogP contribution is 2.38. The number of hydrogen-bond acceptors (Lipinski definition) is 7. The minimum atomic E-state index is -0.138. The van der Waals surface area contributed by atoms with Gasteiger partial charge in [0.2, 0.25) is 5.91 Å². The van der Waals surface area contributed by atoms with Crippen LogP contribution >= 0.6 is 35.5 Å². The van der Waals surface area contributed by atoms with Gasteiger partial charge in [-0.15, -0.1) is 11.8 Å². The lowest BCUT2D eigenvalue weighted by Gasteiger charge is -2.28. The maximum absolute atomic E-state index is 12.8. The molecule has 31 heavy (non-hydrogen) atoms. The smallest absolute Gasteiger partial charge is 0.238 e. The molecule has 2 aromatic rings. The fourth-order valence-corrected chi connectivity index (χ4v) is 6.79. The summed E-state index contributed by atoms with van der Waals surface area (Å²) in [7, 11) is 2.10. The number of aromatic amines is 1. The van der Waals surface area contributed by atoms with E-state index in [0.29, 0.717) is 32.8 Å². The number of hydrogen-bond donors (Lipinski definition) is 1. The van der Waals surface area contributed by atoms with Gasteiger partial charge in [-0.3, -0.25) is 9.79 Å². The van der Waals surface area contributed by atoms with Gasteiger partial charge in [0.15, 0.2) is 0 Å². The van der Waals surface area contributed by atoms with Crippen molar-refractivity contribution >= 4 is 63.0 Å². The zero-order valence-corrected chi connectivity index (χ0v) is 19.7. The predicted octanol–water partition coefficient (Wildman–Crippen LogP) is 4.12.